The monoisotopic (exact) mass is 334 g/mol. The van der Waals surface area contributed by atoms with Crippen LogP contribution < -0.4 is 0 Å². The molecule has 1 aromatic carbocycles. The van der Waals surface area contributed by atoms with Crippen molar-refractivity contribution in [1.82, 2.24) is 19.2 Å². The number of hydrogen-bond donors (Lipinski definition) is 0. The van der Waals surface area contributed by atoms with Gasteiger partial charge in [-0.25, -0.2) is 4.98 Å². The Bertz CT molecular complexity index is 825. The molecule has 2 aromatic heterocycles. The molecule has 5 nitrogen and oxygen atoms in total. The van der Waals surface area contributed by atoms with Crippen LogP contribution in [0.5, 0.6) is 0 Å². The topological polar surface area (TPSA) is 40.9 Å². The van der Waals surface area contributed by atoms with Crippen LogP contribution in [0.1, 0.15) is 22.5 Å². The third-order valence-electron chi connectivity index (χ3n) is 4.71. The van der Waals surface area contributed by atoms with Crippen LogP contribution in [0.2, 0.25) is 0 Å². The molecular weight excluding hydrogens is 312 g/mol. The number of pyridine rings is 1. The van der Waals surface area contributed by atoms with Gasteiger partial charge in [-0.1, -0.05) is 36.4 Å². The minimum absolute atomic E-state index is 0.0326. The molecule has 128 valence electrons. The third kappa shape index (κ3) is 3.56. The van der Waals surface area contributed by atoms with Gasteiger partial charge in [0.15, 0.2) is 0 Å². The quantitative estimate of drug-likeness (QED) is 0.739. The highest BCUT2D eigenvalue weighted by Gasteiger charge is 2.22. The van der Waals surface area contributed by atoms with E-state index in [0.717, 1.165) is 44.8 Å². The number of hydrogen-bond acceptors (Lipinski definition) is 3. The van der Waals surface area contributed by atoms with Crippen molar-refractivity contribution in [3.05, 3.63) is 72.2 Å². The van der Waals surface area contributed by atoms with Crippen LogP contribution in [-0.4, -0.2) is 51.3 Å². The SMILES string of the molecule is O=C(c1cn2ccccc2n1)N1CCCN(Cc2ccccc2)CC1. The molecule has 0 spiro atoms. The van der Waals surface area contributed by atoms with E-state index in [1.807, 2.05) is 46.0 Å². The summed E-state index contributed by atoms with van der Waals surface area (Å²) in [5.41, 5.74) is 2.66. The van der Waals surface area contributed by atoms with E-state index in [1.165, 1.54) is 5.56 Å². The number of amides is 1. The number of carbonyl (C=O) groups is 1. The first-order valence-corrected chi connectivity index (χ1v) is 8.79. The first kappa shape index (κ1) is 15.8. The second-order valence-corrected chi connectivity index (χ2v) is 6.50. The van der Waals surface area contributed by atoms with Gasteiger partial charge in [-0.15, -0.1) is 0 Å². The van der Waals surface area contributed by atoms with Crippen LogP contribution >= 0.6 is 0 Å². The number of carbonyl (C=O) groups excluding carboxylic acids is 1. The average molecular weight is 334 g/mol. The fourth-order valence-electron chi connectivity index (χ4n) is 3.37. The molecule has 0 saturated carbocycles. The van der Waals surface area contributed by atoms with Crippen LogP contribution in [-0.2, 0) is 6.54 Å². The summed E-state index contributed by atoms with van der Waals surface area (Å²) >= 11 is 0. The summed E-state index contributed by atoms with van der Waals surface area (Å²) in [5.74, 6) is 0.0326. The smallest absolute Gasteiger partial charge is 0.274 e. The molecule has 1 saturated heterocycles. The van der Waals surface area contributed by atoms with Crippen molar-refractivity contribution >= 4 is 11.6 Å². The van der Waals surface area contributed by atoms with Gasteiger partial charge in [-0.2, -0.15) is 0 Å². The van der Waals surface area contributed by atoms with Crippen LogP contribution in [0.4, 0.5) is 0 Å². The zero-order valence-electron chi connectivity index (χ0n) is 14.2. The number of imidazole rings is 1. The molecule has 4 rings (SSSR count). The van der Waals surface area contributed by atoms with Gasteiger partial charge in [0.2, 0.25) is 0 Å². The van der Waals surface area contributed by atoms with Gasteiger partial charge in [-0.05, 0) is 24.1 Å². The molecule has 1 fully saturated rings. The van der Waals surface area contributed by atoms with Crippen molar-refractivity contribution in [3.8, 4) is 0 Å². The maximum absolute atomic E-state index is 12.8. The van der Waals surface area contributed by atoms with Gasteiger partial charge < -0.3 is 9.30 Å². The molecule has 0 unspecified atom stereocenters. The third-order valence-corrected chi connectivity index (χ3v) is 4.71. The van der Waals surface area contributed by atoms with Crippen molar-refractivity contribution in [2.45, 2.75) is 13.0 Å². The molecule has 0 aliphatic carbocycles. The van der Waals surface area contributed by atoms with E-state index in [0.29, 0.717) is 5.69 Å². The van der Waals surface area contributed by atoms with Crippen LogP contribution in [0.15, 0.2) is 60.9 Å². The highest BCUT2D eigenvalue weighted by molar-refractivity contribution is 5.93. The highest BCUT2D eigenvalue weighted by Crippen LogP contribution is 2.12. The summed E-state index contributed by atoms with van der Waals surface area (Å²) in [6, 6.07) is 16.3. The van der Waals surface area contributed by atoms with E-state index in [1.54, 1.807) is 0 Å². The first-order chi connectivity index (χ1) is 12.3. The minimum atomic E-state index is 0.0326. The van der Waals surface area contributed by atoms with Gasteiger partial charge in [0, 0.05) is 45.1 Å². The Morgan fingerprint density at radius 3 is 2.64 bits per heavy atom. The summed E-state index contributed by atoms with van der Waals surface area (Å²) < 4.78 is 1.90. The summed E-state index contributed by atoms with van der Waals surface area (Å²) in [4.78, 5) is 21.6. The minimum Gasteiger partial charge on any atom is -0.336 e. The standard InChI is InChI=1S/C20H22N4O/c25-20(18-16-24-11-5-4-9-19(24)21-18)23-12-6-10-22(13-14-23)15-17-7-2-1-3-8-17/h1-5,7-9,11,16H,6,10,12-15H2. The Labute approximate surface area is 147 Å². The summed E-state index contributed by atoms with van der Waals surface area (Å²) in [7, 11) is 0. The van der Waals surface area contributed by atoms with Gasteiger partial charge in [0.05, 0.1) is 0 Å². The van der Waals surface area contributed by atoms with Gasteiger partial charge >= 0.3 is 0 Å². The van der Waals surface area contributed by atoms with E-state index < -0.39 is 0 Å². The van der Waals surface area contributed by atoms with Crippen LogP contribution in [0, 0.1) is 0 Å². The fourth-order valence-corrected chi connectivity index (χ4v) is 3.37. The van der Waals surface area contributed by atoms with Crippen molar-refractivity contribution in [2.24, 2.45) is 0 Å². The molecule has 25 heavy (non-hydrogen) atoms. The maximum Gasteiger partial charge on any atom is 0.274 e. The second kappa shape index (κ2) is 7.07. The van der Waals surface area contributed by atoms with E-state index in [2.05, 4.69) is 34.1 Å². The molecule has 0 N–H and O–H groups in total. The summed E-state index contributed by atoms with van der Waals surface area (Å²) in [6.45, 7) is 4.40. The molecule has 3 aromatic rings. The lowest BCUT2D eigenvalue weighted by atomic mass is 10.2. The normalized spacial score (nSPS) is 16.1. The van der Waals surface area contributed by atoms with Crippen molar-refractivity contribution in [1.29, 1.82) is 0 Å². The van der Waals surface area contributed by atoms with Crippen LogP contribution in [0.3, 0.4) is 0 Å². The Morgan fingerprint density at radius 1 is 0.960 bits per heavy atom. The molecule has 1 amide bonds. The number of benzene rings is 1. The van der Waals surface area contributed by atoms with E-state index in [4.69, 9.17) is 0 Å². The number of fused-ring (bicyclic) bond motifs is 1. The second-order valence-electron chi connectivity index (χ2n) is 6.50. The Morgan fingerprint density at radius 2 is 1.80 bits per heavy atom. The van der Waals surface area contributed by atoms with Crippen molar-refractivity contribution < 1.29 is 4.79 Å². The predicted octanol–water partition coefficient (Wildman–Crippen LogP) is 2.68. The molecular formula is C20H22N4O. The molecule has 5 heteroatoms. The predicted molar refractivity (Wildman–Crippen MR) is 97.4 cm³/mol. The van der Waals surface area contributed by atoms with Crippen molar-refractivity contribution in [2.75, 3.05) is 26.2 Å². The van der Waals surface area contributed by atoms with E-state index >= 15 is 0 Å². The Hall–Kier alpha value is -2.66. The molecule has 1 aliphatic rings. The average Bonchev–Trinajstić information content (AvgIpc) is 2.95. The molecule has 0 radical (unpaired) electrons. The van der Waals surface area contributed by atoms with Gasteiger partial charge in [0.1, 0.15) is 11.3 Å². The summed E-state index contributed by atoms with van der Waals surface area (Å²) in [5, 5.41) is 0. The lowest BCUT2D eigenvalue weighted by Crippen LogP contribution is -2.35. The van der Waals surface area contributed by atoms with Crippen LogP contribution in [0.25, 0.3) is 5.65 Å². The highest BCUT2D eigenvalue weighted by atomic mass is 16.2. The van der Waals surface area contributed by atoms with Crippen molar-refractivity contribution in [3.63, 3.8) is 0 Å². The Balaban J connectivity index is 1.42. The lowest BCUT2D eigenvalue weighted by Gasteiger charge is -2.21. The van der Waals surface area contributed by atoms with E-state index in [9.17, 15) is 4.79 Å². The van der Waals surface area contributed by atoms with Gasteiger partial charge in [-0.3, -0.25) is 9.69 Å². The zero-order valence-corrected chi connectivity index (χ0v) is 14.2. The largest absolute Gasteiger partial charge is 0.336 e. The number of rotatable bonds is 3. The molecule has 3 heterocycles. The number of aromatic nitrogens is 2. The molecule has 1 aliphatic heterocycles. The fraction of sp³-hybridized carbons (Fsp3) is 0.300. The van der Waals surface area contributed by atoms with E-state index in [-0.39, 0.29) is 5.91 Å². The zero-order chi connectivity index (χ0) is 17.1. The lowest BCUT2D eigenvalue weighted by molar-refractivity contribution is 0.0756. The first-order valence-electron chi connectivity index (χ1n) is 8.79. The van der Waals surface area contributed by atoms with Gasteiger partial charge in [0.25, 0.3) is 5.91 Å². The number of nitrogens with zero attached hydrogens (tertiary/aromatic N) is 4. The molecule has 0 bridgehead atoms. The molecule has 0 atom stereocenters. The maximum atomic E-state index is 12.8. The Kier molecular flexibility index (Phi) is 4.48. The summed E-state index contributed by atoms with van der Waals surface area (Å²) in [6.07, 6.45) is 4.74.